The molecule has 0 aliphatic carbocycles. The predicted molar refractivity (Wildman–Crippen MR) is 112 cm³/mol. The molecule has 0 aliphatic rings. The third-order valence-electron chi connectivity index (χ3n) is 5.26. The second-order valence-electron chi connectivity index (χ2n) is 6.92. The average molecular weight is 402 g/mol. The van der Waals surface area contributed by atoms with Crippen molar-refractivity contribution < 1.29 is 4.39 Å². The highest BCUT2D eigenvalue weighted by atomic mass is 19.1. The molecule has 0 saturated heterocycles. The minimum absolute atomic E-state index is 0.0488. The largest absolute Gasteiger partial charge is 0.325 e. The van der Waals surface area contributed by atoms with Crippen LogP contribution in [0.15, 0.2) is 41.3 Å². The Hall–Kier alpha value is -3.83. The van der Waals surface area contributed by atoms with Crippen LogP contribution < -0.4 is 11.3 Å². The quantitative estimate of drug-likeness (QED) is 0.545. The van der Waals surface area contributed by atoms with E-state index < -0.39 is 11.4 Å². The highest BCUT2D eigenvalue weighted by Gasteiger charge is 2.20. The van der Waals surface area contributed by atoms with Crippen LogP contribution in [-0.4, -0.2) is 20.0 Å². The number of hydrogen-bond donors (Lipinski definition) is 2. The van der Waals surface area contributed by atoms with Crippen LogP contribution in [0.1, 0.15) is 23.7 Å². The van der Waals surface area contributed by atoms with Gasteiger partial charge in [-0.1, -0.05) is 25.1 Å². The zero-order chi connectivity index (χ0) is 21.4. The first-order valence-corrected chi connectivity index (χ1v) is 9.45. The van der Waals surface area contributed by atoms with Crippen LogP contribution in [0.5, 0.6) is 0 Å². The maximum Gasteiger partial charge on any atom is 0.275 e. The van der Waals surface area contributed by atoms with Crippen LogP contribution in [0.25, 0.3) is 33.2 Å². The minimum Gasteiger partial charge on any atom is -0.325 e. The Bertz CT molecular complexity index is 1380. The van der Waals surface area contributed by atoms with E-state index in [-0.39, 0.29) is 11.9 Å². The Morgan fingerprint density at radius 2 is 2.10 bits per heavy atom. The molecule has 30 heavy (non-hydrogen) atoms. The van der Waals surface area contributed by atoms with Crippen molar-refractivity contribution in [2.45, 2.75) is 19.9 Å². The number of hydrogen-bond acceptors (Lipinski definition) is 5. The Morgan fingerprint density at radius 1 is 1.30 bits per heavy atom. The first-order chi connectivity index (χ1) is 14.5. The van der Waals surface area contributed by atoms with E-state index in [0.717, 1.165) is 11.1 Å². The summed E-state index contributed by atoms with van der Waals surface area (Å²) in [7, 11) is 1.77. The number of benzene rings is 2. The van der Waals surface area contributed by atoms with Gasteiger partial charge in [0.25, 0.3) is 5.56 Å². The van der Waals surface area contributed by atoms with Crippen molar-refractivity contribution in [3.05, 3.63) is 69.5 Å². The normalized spacial score (nSPS) is 11.0. The van der Waals surface area contributed by atoms with Crippen LogP contribution in [0.2, 0.25) is 0 Å². The smallest absolute Gasteiger partial charge is 0.275 e. The molecule has 2 aromatic heterocycles. The molecule has 0 fully saturated rings. The van der Waals surface area contributed by atoms with Gasteiger partial charge in [-0.3, -0.25) is 9.48 Å². The van der Waals surface area contributed by atoms with Crippen LogP contribution in [0.4, 0.5) is 4.39 Å². The summed E-state index contributed by atoms with van der Waals surface area (Å²) in [5, 5.41) is 20.6. The van der Waals surface area contributed by atoms with Gasteiger partial charge in [0.1, 0.15) is 11.9 Å². The minimum atomic E-state index is -0.668. The highest BCUT2D eigenvalue weighted by Crippen LogP contribution is 2.36. The Morgan fingerprint density at radius 3 is 2.80 bits per heavy atom. The molecule has 0 spiro atoms. The topological polar surface area (TPSA) is 113 Å². The fraction of sp³-hybridized carbons (Fsp3) is 0.182. The molecule has 0 atom stereocenters. The lowest BCUT2D eigenvalue weighted by Gasteiger charge is -2.12. The summed E-state index contributed by atoms with van der Waals surface area (Å²) in [6, 6.07) is 10.9. The summed E-state index contributed by atoms with van der Waals surface area (Å²) in [5.74, 6) is -0.668. The van der Waals surface area contributed by atoms with Crippen LogP contribution >= 0.6 is 0 Å². The summed E-state index contributed by atoms with van der Waals surface area (Å²) < 4.78 is 16.6. The van der Waals surface area contributed by atoms with Gasteiger partial charge in [-0.05, 0) is 29.7 Å². The van der Waals surface area contributed by atoms with Crippen LogP contribution in [-0.2, 0) is 20.0 Å². The van der Waals surface area contributed by atoms with Crippen molar-refractivity contribution in [3.8, 4) is 28.5 Å². The fourth-order valence-corrected chi connectivity index (χ4v) is 3.80. The van der Waals surface area contributed by atoms with Gasteiger partial charge in [-0.25, -0.2) is 9.49 Å². The molecule has 8 heteroatoms. The van der Waals surface area contributed by atoms with Crippen molar-refractivity contribution in [1.29, 1.82) is 5.26 Å². The number of nitriles is 1. The summed E-state index contributed by atoms with van der Waals surface area (Å²) in [4.78, 5) is 12.1. The Kier molecular flexibility index (Phi) is 4.90. The van der Waals surface area contributed by atoms with Crippen molar-refractivity contribution in [3.63, 3.8) is 0 Å². The van der Waals surface area contributed by atoms with Gasteiger partial charge < -0.3 is 5.73 Å². The molecule has 0 amide bonds. The molecule has 0 unspecified atom stereocenters. The molecular formula is C22H19FN6O. The van der Waals surface area contributed by atoms with E-state index in [4.69, 9.17) is 5.73 Å². The fourth-order valence-electron chi connectivity index (χ4n) is 3.80. The van der Waals surface area contributed by atoms with Gasteiger partial charge >= 0.3 is 0 Å². The Balaban J connectivity index is 2.03. The average Bonchev–Trinajstić information content (AvgIpc) is 3.14. The standard InChI is InChI=1S/C22H19FN6O/c1-3-12-5-4-6-14(16(12)9-24)21-17(11-26-29(21)2)13-7-15-19(10-25)27-28-22(30)20(15)18(23)8-13/h4-8,11H,3,10,25H2,1-2H3,(H,28,30). The van der Waals surface area contributed by atoms with E-state index in [1.165, 1.54) is 6.07 Å². The van der Waals surface area contributed by atoms with Crippen molar-refractivity contribution >= 4 is 10.8 Å². The predicted octanol–water partition coefficient (Wildman–Crippen LogP) is 3.02. The molecular weight excluding hydrogens is 383 g/mol. The Labute approximate surface area is 171 Å². The third kappa shape index (κ3) is 2.96. The van der Waals surface area contributed by atoms with E-state index in [1.54, 1.807) is 24.0 Å². The number of fused-ring (bicyclic) bond motifs is 1. The number of rotatable bonds is 4. The molecule has 7 nitrogen and oxygen atoms in total. The lowest BCUT2D eigenvalue weighted by molar-refractivity contribution is 0.638. The zero-order valence-corrected chi connectivity index (χ0v) is 16.5. The maximum atomic E-state index is 14.9. The molecule has 150 valence electrons. The molecule has 0 bridgehead atoms. The first-order valence-electron chi connectivity index (χ1n) is 9.45. The number of nitrogens with one attached hydrogen (secondary N) is 1. The summed E-state index contributed by atoms with van der Waals surface area (Å²) >= 11 is 0. The van der Waals surface area contributed by atoms with Gasteiger partial charge in [0.05, 0.1) is 28.5 Å². The molecule has 4 rings (SSSR count). The molecule has 0 radical (unpaired) electrons. The van der Waals surface area contributed by atoms with Crippen LogP contribution in [0.3, 0.4) is 0 Å². The lowest BCUT2D eigenvalue weighted by atomic mass is 9.93. The van der Waals surface area contributed by atoms with Crippen molar-refractivity contribution in [2.75, 3.05) is 0 Å². The summed E-state index contributed by atoms with van der Waals surface area (Å²) in [6.45, 7) is 2.04. The van der Waals surface area contributed by atoms with Crippen molar-refractivity contribution in [2.24, 2.45) is 12.8 Å². The van der Waals surface area contributed by atoms with E-state index in [2.05, 4.69) is 21.4 Å². The molecule has 0 aliphatic heterocycles. The van der Waals surface area contributed by atoms with E-state index in [9.17, 15) is 14.4 Å². The number of aromatic amines is 1. The summed E-state index contributed by atoms with van der Waals surface area (Å²) in [6.07, 6.45) is 2.33. The van der Waals surface area contributed by atoms with E-state index in [1.807, 2.05) is 25.1 Å². The van der Waals surface area contributed by atoms with Crippen LogP contribution in [0, 0.1) is 17.1 Å². The van der Waals surface area contributed by atoms with Gasteiger partial charge in [0, 0.05) is 30.1 Å². The number of nitrogens with zero attached hydrogens (tertiary/aromatic N) is 4. The molecule has 0 saturated carbocycles. The van der Waals surface area contributed by atoms with Gasteiger partial charge in [-0.2, -0.15) is 15.5 Å². The third-order valence-corrected chi connectivity index (χ3v) is 5.26. The second kappa shape index (κ2) is 7.54. The lowest BCUT2D eigenvalue weighted by Crippen LogP contribution is -2.14. The SMILES string of the molecule is CCc1cccc(-c2c(-c3cc(F)c4c(=O)[nH]nc(CN)c4c3)cnn2C)c1C#N. The number of halogens is 1. The number of H-pyrrole nitrogens is 1. The molecule has 3 N–H and O–H groups in total. The van der Waals surface area contributed by atoms with Gasteiger partial charge in [-0.15, -0.1) is 0 Å². The summed E-state index contributed by atoms with van der Waals surface area (Å²) in [5.41, 5.74) is 9.58. The molecule has 4 aromatic rings. The maximum absolute atomic E-state index is 14.9. The molecule has 2 heterocycles. The number of aromatic nitrogens is 4. The monoisotopic (exact) mass is 402 g/mol. The second-order valence-corrected chi connectivity index (χ2v) is 6.92. The first kappa shape index (κ1) is 19.5. The van der Waals surface area contributed by atoms with Gasteiger partial charge in [0.15, 0.2) is 0 Å². The zero-order valence-electron chi connectivity index (χ0n) is 16.5. The number of nitrogens with two attached hydrogens (primary N) is 1. The van der Waals surface area contributed by atoms with Crippen molar-refractivity contribution in [1.82, 2.24) is 20.0 Å². The number of aryl methyl sites for hydroxylation is 2. The van der Waals surface area contributed by atoms with E-state index in [0.29, 0.717) is 39.9 Å². The van der Waals surface area contributed by atoms with Gasteiger partial charge in [0.2, 0.25) is 0 Å². The highest BCUT2D eigenvalue weighted by molar-refractivity contribution is 5.92. The van der Waals surface area contributed by atoms with E-state index >= 15 is 0 Å². The molecule has 2 aromatic carbocycles.